The minimum absolute atomic E-state index is 0.0300. The normalized spacial score (nSPS) is 23.0. The molecule has 1 saturated heterocycles. The van der Waals surface area contributed by atoms with Crippen molar-refractivity contribution in [2.24, 2.45) is 5.92 Å². The first-order valence-electron chi connectivity index (χ1n) is 10.4. The van der Waals surface area contributed by atoms with E-state index in [2.05, 4.69) is 17.1 Å². The molecule has 1 atom stereocenters. The van der Waals surface area contributed by atoms with Gasteiger partial charge in [-0.25, -0.2) is 0 Å². The first-order valence-corrected chi connectivity index (χ1v) is 10.4. The van der Waals surface area contributed by atoms with E-state index in [1.165, 1.54) is 32.4 Å². The standard InChI is InChI=1S/C22H34N2O3/c1-18-7-6-14-24(17-18)15-16-27-20-10-8-19(9-11-20)23-21(25)22(26-2)12-4-3-5-13-22/h8-11,18H,3-7,12-17H2,1-2H3,(H,23,25)/t18-/m0/s1. The second-order valence-electron chi connectivity index (χ2n) is 8.13. The molecule has 1 N–H and O–H groups in total. The molecule has 0 bridgehead atoms. The minimum Gasteiger partial charge on any atom is -0.492 e. The van der Waals surface area contributed by atoms with Crippen LogP contribution in [0.25, 0.3) is 0 Å². The van der Waals surface area contributed by atoms with E-state index in [1.54, 1.807) is 7.11 Å². The molecule has 5 nitrogen and oxygen atoms in total. The number of rotatable bonds is 7. The number of ether oxygens (including phenoxy) is 2. The molecule has 2 fully saturated rings. The Morgan fingerprint density at radius 1 is 1.19 bits per heavy atom. The van der Waals surface area contributed by atoms with Crippen LogP contribution in [0.4, 0.5) is 5.69 Å². The Morgan fingerprint density at radius 3 is 2.59 bits per heavy atom. The largest absolute Gasteiger partial charge is 0.492 e. The summed E-state index contributed by atoms with van der Waals surface area (Å²) in [5.41, 5.74) is 0.123. The zero-order chi connectivity index (χ0) is 19.1. The summed E-state index contributed by atoms with van der Waals surface area (Å²) in [4.78, 5) is 15.2. The van der Waals surface area contributed by atoms with E-state index in [1.807, 2.05) is 24.3 Å². The number of piperidine rings is 1. The zero-order valence-corrected chi connectivity index (χ0v) is 16.8. The van der Waals surface area contributed by atoms with Crippen molar-refractivity contribution in [3.05, 3.63) is 24.3 Å². The Bertz CT molecular complexity index is 596. The Kier molecular flexibility index (Phi) is 7.13. The van der Waals surface area contributed by atoms with Gasteiger partial charge in [0.2, 0.25) is 0 Å². The molecule has 2 aliphatic rings. The quantitative estimate of drug-likeness (QED) is 0.781. The van der Waals surface area contributed by atoms with Gasteiger partial charge in [0.05, 0.1) is 0 Å². The Morgan fingerprint density at radius 2 is 1.93 bits per heavy atom. The Labute approximate surface area is 163 Å². The maximum absolute atomic E-state index is 12.7. The van der Waals surface area contributed by atoms with E-state index in [0.29, 0.717) is 6.61 Å². The number of amides is 1. The average molecular weight is 375 g/mol. The smallest absolute Gasteiger partial charge is 0.256 e. The van der Waals surface area contributed by atoms with Crippen LogP contribution in [0.1, 0.15) is 51.9 Å². The van der Waals surface area contributed by atoms with Crippen molar-refractivity contribution in [3.8, 4) is 5.75 Å². The summed E-state index contributed by atoms with van der Waals surface area (Å²) in [6.45, 7) is 6.35. The summed E-state index contributed by atoms with van der Waals surface area (Å²) < 4.78 is 11.5. The lowest BCUT2D eigenvalue weighted by molar-refractivity contribution is -0.141. The number of hydrogen-bond acceptors (Lipinski definition) is 4. The summed E-state index contributed by atoms with van der Waals surface area (Å²) in [6, 6.07) is 7.66. The molecule has 1 aliphatic heterocycles. The van der Waals surface area contributed by atoms with Gasteiger partial charge in [-0.3, -0.25) is 9.69 Å². The molecule has 150 valence electrons. The molecule has 0 radical (unpaired) electrons. The van der Waals surface area contributed by atoms with E-state index in [0.717, 1.165) is 49.6 Å². The van der Waals surface area contributed by atoms with Crippen molar-refractivity contribution in [1.82, 2.24) is 4.90 Å². The van der Waals surface area contributed by atoms with E-state index in [4.69, 9.17) is 9.47 Å². The summed E-state index contributed by atoms with van der Waals surface area (Å²) in [6.07, 6.45) is 7.50. The number of benzene rings is 1. The SMILES string of the molecule is COC1(C(=O)Nc2ccc(OCCN3CCC[C@H](C)C3)cc2)CCCCC1. The van der Waals surface area contributed by atoms with Crippen LogP contribution < -0.4 is 10.1 Å². The third-order valence-corrected chi connectivity index (χ3v) is 6.00. The molecule has 1 aliphatic carbocycles. The molecule has 1 saturated carbocycles. The van der Waals surface area contributed by atoms with Crippen LogP contribution in [0.15, 0.2) is 24.3 Å². The lowest BCUT2D eigenvalue weighted by Gasteiger charge is -2.34. The topological polar surface area (TPSA) is 50.8 Å². The van der Waals surface area contributed by atoms with Crippen molar-refractivity contribution in [2.45, 2.75) is 57.5 Å². The fourth-order valence-corrected chi connectivity index (χ4v) is 4.31. The molecular formula is C22H34N2O3. The molecule has 5 heteroatoms. The number of carbonyl (C=O) groups excluding carboxylic acids is 1. The third kappa shape index (κ3) is 5.45. The molecular weight excluding hydrogens is 340 g/mol. The van der Waals surface area contributed by atoms with Crippen molar-refractivity contribution >= 4 is 11.6 Å². The van der Waals surface area contributed by atoms with Gasteiger partial charge < -0.3 is 14.8 Å². The third-order valence-electron chi connectivity index (χ3n) is 6.00. The Balaban J connectivity index is 1.46. The molecule has 0 unspecified atom stereocenters. The van der Waals surface area contributed by atoms with Crippen LogP contribution in [-0.4, -0.2) is 49.8 Å². The van der Waals surface area contributed by atoms with Gasteiger partial charge in [-0.05, 0) is 62.4 Å². The van der Waals surface area contributed by atoms with Gasteiger partial charge in [0.1, 0.15) is 18.0 Å². The van der Waals surface area contributed by atoms with Crippen LogP contribution in [-0.2, 0) is 9.53 Å². The van der Waals surface area contributed by atoms with Gasteiger partial charge in [-0.1, -0.05) is 26.2 Å². The predicted octanol–water partition coefficient (Wildman–Crippen LogP) is 4.09. The number of nitrogens with zero attached hydrogens (tertiary/aromatic N) is 1. The highest BCUT2D eigenvalue weighted by Gasteiger charge is 2.39. The first-order chi connectivity index (χ1) is 13.1. The van der Waals surface area contributed by atoms with Gasteiger partial charge >= 0.3 is 0 Å². The fraction of sp³-hybridized carbons (Fsp3) is 0.682. The van der Waals surface area contributed by atoms with Gasteiger partial charge in [0, 0.05) is 25.9 Å². The first kappa shape index (κ1) is 20.2. The van der Waals surface area contributed by atoms with Gasteiger partial charge in [-0.15, -0.1) is 0 Å². The van der Waals surface area contributed by atoms with Crippen molar-refractivity contribution in [1.29, 1.82) is 0 Å². The van der Waals surface area contributed by atoms with Gasteiger partial charge in [-0.2, -0.15) is 0 Å². The highest BCUT2D eigenvalue weighted by Crippen LogP contribution is 2.32. The molecule has 3 rings (SSSR count). The van der Waals surface area contributed by atoms with Crippen molar-refractivity contribution < 1.29 is 14.3 Å². The van der Waals surface area contributed by atoms with Crippen molar-refractivity contribution in [2.75, 3.05) is 38.7 Å². The van der Waals surface area contributed by atoms with Gasteiger partial charge in [0.25, 0.3) is 5.91 Å². The molecule has 1 heterocycles. The molecule has 27 heavy (non-hydrogen) atoms. The van der Waals surface area contributed by atoms with Crippen LogP contribution in [0.2, 0.25) is 0 Å². The van der Waals surface area contributed by atoms with Gasteiger partial charge in [0.15, 0.2) is 0 Å². The number of carbonyl (C=O) groups is 1. The minimum atomic E-state index is -0.668. The molecule has 1 aromatic carbocycles. The maximum atomic E-state index is 12.7. The monoisotopic (exact) mass is 374 g/mol. The molecule has 0 aromatic heterocycles. The summed E-state index contributed by atoms with van der Waals surface area (Å²) in [7, 11) is 1.64. The second kappa shape index (κ2) is 9.56. The number of methoxy groups -OCH3 is 1. The van der Waals surface area contributed by atoms with Crippen LogP contribution in [0.3, 0.4) is 0 Å². The van der Waals surface area contributed by atoms with E-state index in [-0.39, 0.29) is 5.91 Å². The molecule has 1 amide bonds. The summed E-state index contributed by atoms with van der Waals surface area (Å²) >= 11 is 0. The van der Waals surface area contributed by atoms with Crippen LogP contribution in [0.5, 0.6) is 5.75 Å². The fourth-order valence-electron chi connectivity index (χ4n) is 4.31. The average Bonchev–Trinajstić information content (AvgIpc) is 2.70. The molecule has 1 aromatic rings. The number of likely N-dealkylation sites (tertiary alicyclic amines) is 1. The van der Waals surface area contributed by atoms with E-state index < -0.39 is 5.60 Å². The van der Waals surface area contributed by atoms with Crippen molar-refractivity contribution in [3.63, 3.8) is 0 Å². The number of hydrogen-bond donors (Lipinski definition) is 1. The summed E-state index contributed by atoms with van der Waals surface area (Å²) in [5.74, 6) is 1.61. The lowest BCUT2D eigenvalue weighted by Crippen LogP contribution is -2.46. The van der Waals surface area contributed by atoms with Crippen LogP contribution >= 0.6 is 0 Å². The van der Waals surface area contributed by atoms with E-state index >= 15 is 0 Å². The number of nitrogens with one attached hydrogen (secondary N) is 1. The zero-order valence-electron chi connectivity index (χ0n) is 16.8. The number of anilines is 1. The Hall–Kier alpha value is -1.59. The second-order valence-corrected chi connectivity index (χ2v) is 8.13. The highest BCUT2D eigenvalue weighted by atomic mass is 16.5. The molecule has 0 spiro atoms. The van der Waals surface area contributed by atoms with E-state index in [9.17, 15) is 4.79 Å². The lowest BCUT2D eigenvalue weighted by atomic mass is 9.84. The predicted molar refractivity (Wildman–Crippen MR) is 108 cm³/mol. The summed E-state index contributed by atoms with van der Waals surface area (Å²) in [5, 5.41) is 3.02. The highest BCUT2D eigenvalue weighted by molar-refractivity contribution is 5.97. The van der Waals surface area contributed by atoms with Crippen LogP contribution in [0, 0.1) is 5.92 Å². The maximum Gasteiger partial charge on any atom is 0.256 e.